The molecule has 1 heterocycles. The van der Waals surface area contributed by atoms with Crippen LogP contribution in [0.1, 0.15) is 37.7 Å². The van der Waals surface area contributed by atoms with Gasteiger partial charge in [0.2, 0.25) is 0 Å². The fourth-order valence-corrected chi connectivity index (χ4v) is 3.48. The van der Waals surface area contributed by atoms with Gasteiger partial charge in [-0.2, -0.15) is 13.2 Å². The van der Waals surface area contributed by atoms with Crippen LogP contribution in [0.4, 0.5) is 18.9 Å². The average Bonchev–Trinajstić information content (AvgIpc) is 3.06. The van der Waals surface area contributed by atoms with Crippen molar-refractivity contribution in [2.24, 2.45) is 0 Å². The minimum absolute atomic E-state index is 0.00594. The van der Waals surface area contributed by atoms with Crippen molar-refractivity contribution < 1.29 is 22.8 Å². The first kappa shape index (κ1) is 23.4. The molecule has 0 atom stereocenters. The van der Waals surface area contributed by atoms with E-state index in [0.29, 0.717) is 11.3 Å². The smallest absolute Gasteiger partial charge is 0.343 e. The molecule has 5 nitrogen and oxygen atoms in total. The number of alkyl halides is 3. The van der Waals surface area contributed by atoms with Crippen LogP contribution in [-0.2, 0) is 0 Å². The zero-order valence-electron chi connectivity index (χ0n) is 17.6. The Kier molecular flexibility index (Phi) is 6.64. The standard InChI is InChI=1S/C23H21ClF3N3O2/c1-13-4-7-16(21(31)28-12-23(25,26)27)10-20(13)29-22(32)18-11-17(8-9-19(18)24)30-14(2)5-6-15(30)3/h4-11H,12H2,1-3H3,(H,28,31)(H,29,32). The molecule has 3 aromatic rings. The second-order valence-corrected chi connectivity index (χ2v) is 7.80. The minimum atomic E-state index is -4.52. The Hall–Kier alpha value is -3.26. The minimum Gasteiger partial charge on any atom is -0.343 e. The molecule has 168 valence electrons. The summed E-state index contributed by atoms with van der Waals surface area (Å²) in [6, 6.07) is 13.3. The second kappa shape index (κ2) is 9.08. The normalized spacial score (nSPS) is 11.3. The third kappa shape index (κ3) is 5.31. The summed E-state index contributed by atoms with van der Waals surface area (Å²) in [7, 11) is 0. The lowest BCUT2D eigenvalue weighted by atomic mass is 10.1. The predicted octanol–water partition coefficient (Wildman–Crippen LogP) is 5.60. The van der Waals surface area contributed by atoms with Crippen LogP contribution >= 0.6 is 11.6 Å². The van der Waals surface area contributed by atoms with Crippen LogP contribution in [0.3, 0.4) is 0 Å². The molecule has 0 saturated carbocycles. The summed E-state index contributed by atoms with van der Waals surface area (Å²) in [4.78, 5) is 25.0. The molecule has 0 spiro atoms. The van der Waals surface area contributed by atoms with Crippen molar-refractivity contribution in [2.45, 2.75) is 26.9 Å². The molecule has 3 rings (SSSR count). The van der Waals surface area contributed by atoms with Gasteiger partial charge in [-0.05, 0) is 68.8 Å². The van der Waals surface area contributed by atoms with E-state index in [1.807, 2.05) is 35.9 Å². The molecular formula is C23H21ClF3N3O2. The lowest BCUT2D eigenvalue weighted by molar-refractivity contribution is -0.123. The maximum atomic E-state index is 13.0. The van der Waals surface area contributed by atoms with Crippen LogP contribution in [0.15, 0.2) is 48.5 Å². The maximum absolute atomic E-state index is 13.0. The molecule has 0 unspecified atom stereocenters. The highest BCUT2D eigenvalue weighted by Gasteiger charge is 2.28. The van der Waals surface area contributed by atoms with E-state index in [9.17, 15) is 22.8 Å². The number of benzene rings is 2. The first-order chi connectivity index (χ1) is 15.0. The number of nitrogens with one attached hydrogen (secondary N) is 2. The summed E-state index contributed by atoms with van der Waals surface area (Å²) in [6.07, 6.45) is -4.52. The van der Waals surface area contributed by atoms with Crippen molar-refractivity contribution in [3.05, 3.63) is 81.6 Å². The molecule has 0 radical (unpaired) electrons. The Morgan fingerprint density at radius 2 is 1.59 bits per heavy atom. The van der Waals surface area contributed by atoms with Crippen LogP contribution < -0.4 is 10.6 Å². The maximum Gasteiger partial charge on any atom is 0.405 e. The fourth-order valence-electron chi connectivity index (χ4n) is 3.27. The van der Waals surface area contributed by atoms with Crippen LogP contribution in [0.2, 0.25) is 5.02 Å². The average molecular weight is 464 g/mol. The molecule has 0 saturated heterocycles. The van der Waals surface area contributed by atoms with E-state index in [1.165, 1.54) is 12.1 Å². The van der Waals surface area contributed by atoms with Crippen molar-refractivity contribution >= 4 is 29.1 Å². The highest BCUT2D eigenvalue weighted by Crippen LogP contribution is 2.25. The van der Waals surface area contributed by atoms with E-state index in [1.54, 1.807) is 31.2 Å². The third-order valence-corrected chi connectivity index (χ3v) is 5.25. The molecule has 0 aliphatic carbocycles. The number of carbonyl (C=O) groups excluding carboxylic acids is 2. The Morgan fingerprint density at radius 3 is 2.22 bits per heavy atom. The predicted molar refractivity (Wildman–Crippen MR) is 118 cm³/mol. The van der Waals surface area contributed by atoms with Crippen molar-refractivity contribution in [3.63, 3.8) is 0 Å². The molecule has 2 N–H and O–H groups in total. The molecule has 32 heavy (non-hydrogen) atoms. The van der Waals surface area contributed by atoms with Crippen molar-refractivity contribution in [1.82, 2.24) is 9.88 Å². The van der Waals surface area contributed by atoms with Crippen LogP contribution in [0.5, 0.6) is 0 Å². The second-order valence-electron chi connectivity index (χ2n) is 7.40. The lowest BCUT2D eigenvalue weighted by Crippen LogP contribution is -2.33. The van der Waals surface area contributed by atoms with Gasteiger partial charge in [0.1, 0.15) is 6.54 Å². The van der Waals surface area contributed by atoms with E-state index >= 15 is 0 Å². The van der Waals surface area contributed by atoms with Crippen LogP contribution in [0, 0.1) is 20.8 Å². The Balaban J connectivity index is 1.86. The first-order valence-electron chi connectivity index (χ1n) is 9.68. The van der Waals surface area contributed by atoms with Gasteiger partial charge < -0.3 is 15.2 Å². The van der Waals surface area contributed by atoms with E-state index in [4.69, 9.17) is 11.6 Å². The van der Waals surface area contributed by atoms with Gasteiger partial charge in [-0.3, -0.25) is 9.59 Å². The number of halogens is 4. The summed E-state index contributed by atoms with van der Waals surface area (Å²) < 4.78 is 39.1. The van der Waals surface area contributed by atoms with Gasteiger partial charge in [0, 0.05) is 28.3 Å². The molecule has 0 fully saturated rings. The molecule has 9 heteroatoms. The van der Waals surface area contributed by atoms with E-state index < -0.39 is 24.5 Å². The Morgan fingerprint density at radius 1 is 0.938 bits per heavy atom. The number of hydrogen-bond donors (Lipinski definition) is 2. The van der Waals surface area contributed by atoms with E-state index in [-0.39, 0.29) is 16.1 Å². The summed E-state index contributed by atoms with van der Waals surface area (Å²) >= 11 is 6.26. The van der Waals surface area contributed by atoms with Gasteiger partial charge in [0.25, 0.3) is 11.8 Å². The number of nitrogens with zero attached hydrogens (tertiary/aromatic N) is 1. The first-order valence-corrected chi connectivity index (χ1v) is 10.1. The lowest BCUT2D eigenvalue weighted by Gasteiger charge is -2.14. The van der Waals surface area contributed by atoms with Crippen LogP contribution in [-0.4, -0.2) is 29.1 Å². The highest BCUT2D eigenvalue weighted by molar-refractivity contribution is 6.34. The van der Waals surface area contributed by atoms with Crippen LogP contribution in [0.25, 0.3) is 5.69 Å². The number of aryl methyl sites for hydroxylation is 3. The largest absolute Gasteiger partial charge is 0.405 e. The molecule has 0 bridgehead atoms. The Labute approximate surface area is 188 Å². The van der Waals surface area contributed by atoms with Gasteiger partial charge in [-0.25, -0.2) is 0 Å². The molecule has 0 aliphatic rings. The zero-order chi connectivity index (χ0) is 23.6. The van der Waals surface area contributed by atoms with Crippen molar-refractivity contribution in [1.29, 1.82) is 0 Å². The molecule has 2 aromatic carbocycles. The van der Waals surface area contributed by atoms with Gasteiger partial charge >= 0.3 is 6.18 Å². The van der Waals surface area contributed by atoms with Crippen molar-refractivity contribution in [2.75, 3.05) is 11.9 Å². The summed E-state index contributed by atoms with van der Waals surface area (Å²) in [5.41, 5.74) is 3.89. The summed E-state index contributed by atoms with van der Waals surface area (Å²) in [5, 5.41) is 4.76. The molecule has 2 amide bonds. The fraction of sp³-hybridized carbons (Fsp3) is 0.217. The van der Waals surface area contributed by atoms with Crippen molar-refractivity contribution in [3.8, 4) is 5.69 Å². The monoisotopic (exact) mass is 463 g/mol. The van der Waals surface area contributed by atoms with E-state index in [0.717, 1.165) is 17.1 Å². The van der Waals surface area contributed by atoms with Gasteiger partial charge in [-0.1, -0.05) is 17.7 Å². The van der Waals surface area contributed by atoms with Gasteiger partial charge in [-0.15, -0.1) is 0 Å². The number of hydrogen-bond acceptors (Lipinski definition) is 2. The summed E-state index contributed by atoms with van der Waals surface area (Å²) in [6.45, 7) is 4.15. The molecule has 0 aliphatic heterocycles. The summed E-state index contributed by atoms with van der Waals surface area (Å²) in [5.74, 6) is -1.40. The number of aromatic nitrogens is 1. The molecular weight excluding hydrogens is 443 g/mol. The quantitative estimate of drug-likeness (QED) is 0.517. The number of amides is 2. The number of carbonyl (C=O) groups is 2. The SMILES string of the molecule is Cc1ccc(C(=O)NCC(F)(F)F)cc1NC(=O)c1cc(-n2c(C)ccc2C)ccc1Cl. The zero-order valence-corrected chi connectivity index (χ0v) is 18.4. The number of rotatable bonds is 5. The van der Waals surface area contributed by atoms with E-state index in [2.05, 4.69) is 5.32 Å². The number of anilines is 1. The third-order valence-electron chi connectivity index (χ3n) is 4.92. The molecule has 1 aromatic heterocycles. The Bertz CT molecular complexity index is 1170. The van der Waals surface area contributed by atoms with Gasteiger partial charge in [0.05, 0.1) is 10.6 Å². The van der Waals surface area contributed by atoms with Gasteiger partial charge in [0.15, 0.2) is 0 Å². The highest BCUT2D eigenvalue weighted by atomic mass is 35.5. The topological polar surface area (TPSA) is 63.1 Å².